The largest absolute Gasteiger partial charge is 0.338 e. The Bertz CT molecular complexity index is 455. The number of nitro groups is 1. The summed E-state index contributed by atoms with van der Waals surface area (Å²) in [5, 5.41) is 19.1. The number of carbonyl (C=O) groups is 1. The molecule has 0 aromatic heterocycles. The van der Waals surface area contributed by atoms with E-state index in [2.05, 4.69) is 16.0 Å². The molecule has 1 unspecified atom stereocenters. The van der Waals surface area contributed by atoms with Crippen LogP contribution in [0.2, 0.25) is 0 Å². The van der Waals surface area contributed by atoms with Crippen LogP contribution >= 0.6 is 0 Å². The fourth-order valence-corrected chi connectivity index (χ4v) is 1.97. The van der Waals surface area contributed by atoms with E-state index >= 15 is 0 Å². The standard InChI is InChI=1S/C12H16N4O3/c17-12(14-8-9-5-6-13-7-9)15-10-1-3-11(4-2-10)16(18)19/h1-4,9,13H,5-8H2,(H2,14,15,17). The SMILES string of the molecule is O=C(NCC1CCNC1)Nc1ccc([N+](=O)[O-])cc1. The number of anilines is 1. The summed E-state index contributed by atoms with van der Waals surface area (Å²) < 4.78 is 0. The van der Waals surface area contributed by atoms with Crippen LogP contribution in [0.5, 0.6) is 0 Å². The average molecular weight is 264 g/mol. The third-order valence-electron chi connectivity index (χ3n) is 3.05. The Hall–Kier alpha value is -2.15. The summed E-state index contributed by atoms with van der Waals surface area (Å²) in [7, 11) is 0. The molecule has 1 heterocycles. The first-order valence-corrected chi connectivity index (χ1v) is 6.15. The number of non-ortho nitro benzene ring substituents is 1. The number of amides is 2. The van der Waals surface area contributed by atoms with Gasteiger partial charge in [0.05, 0.1) is 4.92 Å². The zero-order valence-electron chi connectivity index (χ0n) is 10.4. The van der Waals surface area contributed by atoms with Crippen LogP contribution in [0, 0.1) is 16.0 Å². The number of hydrogen-bond donors (Lipinski definition) is 3. The van der Waals surface area contributed by atoms with Crippen LogP contribution in [0.3, 0.4) is 0 Å². The van der Waals surface area contributed by atoms with Crippen molar-refractivity contribution in [1.82, 2.24) is 10.6 Å². The maximum absolute atomic E-state index is 11.6. The second-order valence-electron chi connectivity index (χ2n) is 4.50. The van der Waals surface area contributed by atoms with E-state index in [1.165, 1.54) is 24.3 Å². The molecular formula is C12H16N4O3. The van der Waals surface area contributed by atoms with Crippen LogP contribution in [0.1, 0.15) is 6.42 Å². The minimum absolute atomic E-state index is 0.00277. The van der Waals surface area contributed by atoms with E-state index in [1.54, 1.807) is 0 Å². The van der Waals surface area contributed by atoms with Crippen molar-refractivity contribution in [3.8, 4) is 0 Å². The molecule has 1 aliphatic rings. The molecule has 7 heteroatoms. The molecule has 1 aliphatic heterocycles. The molecule has 2 rings (SSSR count). The molecule has 19 heavy (non-hydrogen) atoms. The lowest BCUT2D eigenvalue weighted by Gasteiger charge is -2.11. The quantitative estimate of drug-likeness (QED) is 0.564. The van der Waals surface area contributed by atoms with Crippen molar-refractivity contribution in [2.45, 2.75) is 6.42 Å². The number of nitrogens with one attached hydrogen (secondary N) is 3. The van der Waals surface area contributed by atoms with Crippen molar-refractivity contribution >= 4 is 17.4 Å². The van der Waals surface area contributed by atoms with Gasteiger partial charge in [-0.1, -0.05) is 0 Å². The van der Waals surface area contributed by atoms with Gasteiger partial charge in [-0.3, -0.25) is 10.1 Å². The summed E-state index contributed by atoms with van der Waals surface area (Å²) in [6.07, 6.45) is 1.07. The lowest BCUT2D eigenvalue weighted by atomic mass is 10.1. The van der Waals surface area contributed by atoms with E-state index in [9.17, 15) is 14.9 Å². The summed E-state index contributed by atoms with van der Waals surface area (Å²) in [6, 6.07) is 5.44. The van der Waals surface area contributed by atoms with Gasteiger partial charge in [0.2, 0.25) is 0 Å². The minimum atomic E-state index is -0.475. The van der Waals surface area contributed by atoms with Gasteiger partial charge < -0.3 is 16.0 Å². The van der Waals surface area contributed by atoms with Gasteiger partial charge in [0.15, 0.2) is 0 Å². The highest BCUT2D eigenvalue weighted by Gasteiger charge is 2.15. The van der Waals surface area contributed by atoms with Gasteiger partial charge in [-0.15, -0.1) is 0 Å². The summed E-state index contributed by atoms with van der Waals surface area (Å²) in [5.74, 6) is 0.475. The van der Waals surface area contributed by atoms with Crippen molar-refractivity contribution < 1.29 is 9.72 Å². The summed E-state index contributed by atoms with van der Waals surface area (Å²) >= 11 is 0. The molecule has 1 saturated heterocycles. The van der Waals surface area contributed by atoms with E-state index < -0.39 is 4.92 Å². The van der Waals surface area contributed by atoms with Crippen molar-refractivity contribution in [2.75, 3.05) is 25.0 Å². The highest BCUT2D eigenvalue weighted by Crippen LogP contribution is 2.15. The molecule has 102 valence electrons. The third kappa shape index (κ3) is 3.92. The van der Waals surface area contributed by atoms with E-state index in [-0.39, 0.29) is 11.7 Å². The highest BCUT2D eigenvalue weighted by molar-refractivity contribution is 5.89. The van der Waals surface area contributed by atoms with Crippen LogP contribution in [-0.4, -0.2) is 30.6 Å². The number of benzene rings is 1. The lowest BCUT2D eigenvalue weighted by molar-refractivity contribution is -0.384. The number of nitrogens with zero attached hydrogens (tertiary/aromatic N) is 1. The van der Waals surface area contributed by atoms with E-state index in [0.717, 1.165) is 19.5 Å². The fourth-order valence-electron chi connectivity index (χ4n) is 1.97. The first-order chi connectivity index (χ1) is 9.15. The van der Waals surface area contributed by atoms with Crippen LogP contribution in [0.15, 0.2) is 24.3 Å². The molecule has 0 bridgehead atoms. The topological polar surface area (TPSA) is 96.3 Å². The predicted octanol–water partition coefficient (Wildman–Crippen LogP) is 1.33. The van der Waals surface area contributed by atoms with Crippen LogP contribution in [-0.2, 0) is 0 Å². The molecule has 1 aromatic carbocycles. The van der Waals surface area contributed by atoms with Gasteiger partial charge in [-0.2, -0.15) is 0 Å². The molecule has 0 radical (unpaired) electrons. The Morgan fingerprint density at radius 3 is 2.74 bits per heavy atom. The first kappa shape index (κ1) is 13.3. The maximum Gasteiger partial charge on any atom is 0.319 e. The minimum Gasteiger partial charge on any atom is -0.338 e. The Morgan fingerprint density at radius 2 is 2.16 bits per heavy atom. The fraction of sp³-hybridized carbons (Fsp3) is 0.417. The molecule has 0 spiro atoms. The zero-order chi connectivity index (χ0) is 13.7. The van der Waals surface area contributed by atoms with Crippen molar-refractivity contribution in [2.24, 2.45) is 5.92 Å². The van der Waals surface area contributed by atoms with E-state index in [0.29, 0.717) is 18.2 Å². The zero-order valence-corrected chi connectivity index (χ0v) is 10.4. The molecule has 2 amide bonds. The molecule has 1 aromatic rings. The van der Waals surface area contributed by atoms with Crippen LogP contribution < -0.4 is 16.0 Å². The smallest absolute Gasteiger partial charge is 0.319 e. The summed E-state index contributed by atoms with van der Waals surface area (Å²) in [6.45, 7) is 2.56. The second-order valence-corrected chi connectivity index (χ2v) is 4.50. The average Bonchev–Trinajstić information content (AvgIpc) is 2.90. The van der Waals surface area contributed by atoms with Crippen LogP contribution in [0.25, 0.3) is 0 Å². The molecular weight excluding hydrogens is 248 g/mol. The molecule has 3 N–H and O–H groups in total. The van der Waals surface area contributed by atoms with Gasteiger partial charge in [0.25, 0.3) is 5.69 Å². The van der Waals surface area contributed by atoms with Crippen molar-refractivity contribution in [3.63, 3.8) is 0 Å². The van der Waals surface area contributed by atoms with Gasteiger partial charge in [0.1, 0.15) is 0 Å². The summed E-state index contributed by atoms with van der Waals surface area (Å²) in [5.41, 5.74) is 0.538. The Labute approximate surface area is 110 Å². The number of carbonyl (C=O) groups excluding carboxylic acids is 1. The van der Waals surface area contributed by atoms with Crippen molar-refractivity contribution in [3.05, 3.63) is 34.4 Å². The molecule has 7 nitrogen and oxygen atoms in total. The van der Waals surface area contributed by atoms with Gasteiger partial charge >= 0.3 is 6.03 Å². The molecule has 1 fully saturated rings. The Balaban J connectivity index is 1.79. The normalized spacial score (nSPS) is 18.0. The number of urea groups is 1. The summed E-state index contributed by atoms with van der Waals surface area (Å²) in [4.78, 5) is 21.6. The molecule has 1 atom stereocenters. The maximum atomic E-state index is 11.6. The first-order valence-electron chi connectivity index (χ1n) is 6.15. The lowest BCUT2D eigenvalue weighted by Crippen LogP contribution is -2.33. The van der Waals surface area contributed by atoms with Crippen molar-refractivity contribution in [1.29, 1.82) is 0 Å². The van der Waals surface area contributed by atoms with Gasteiger partial charge in [-0.25, -0.2) is 4.79 Å². The number of hydrogen-bond acceptors (Lipinski definition) is 4. The molecule has 0 aliphatic carbocycles. The Morgan fingerprint density at radius 1 is 1.42 bits per heavy atom. The number of rotatable bonds is 4. The van der Waals surface area contributed by atoms with Gasteiger partial charge in [0, 0.05) is 24.4 Å². The van der Waals surface area contributed by atoms with Gasteiger partial charge in [-0.05, 0) is 37.6 Å². The monoisotopic (exact) mass is 264 g/mol. The second kappa shape index (κ2) is 6.14. The van der Waals surface area contributed by atoms with Crippen LogP contribution in [0.4, 0.5) is 16.2 Å². The van der Waals surface area contributed by atoms with E-state index in [1.807, 2.05) is 0 Å². The van der Waals surface area contributed by atoms with E-state index in [4.69, 9.17) is 0 Å². The highest BCUT2D eigenvalue weighted by atomic mass is 16.6. The predicted molar refractivity (Wildman–Crippen MR) is 71.1 cm³/mol. The molecule has 0 saturated carbocycles. The third-order valence-corrected chi connectivity index (χ3v) is 3.05. The number of nitro benzene ring substituents is 1. The Kier molecular flexibility index (Phi) is 4.30.